The van der Waals surface area contributed by atoms with Crippen LogP contribution in [0, 0.1) is 13.8 Å². The number of nitrogens with one attached hydrogen (secondary N) is 1. The number of hydrogen-bond acceptors (Lipinski definition) is 3. The molecule has 0 fully saturated rings. The van der Waals surface area contributed by atoms with Crippen LogP contribution in [-0.2, 0) is 16.1 Å². The first-order valence-corrected chi connectivity index (χ1v) is 10.8. The van der Waals surface area contributed by atoms with Gasteiger partial charge in [-0.2, -0.15) is 0 Å². The summed E-state index contributed by atoms with van der Waals surface area (Å²) in [7, 11) is 0. The topological polar surface area (TPSA) is 58.6 Å². The standard InChI is InChI=1S/C25H34N2O3/c1-5-7-16-26-25(29)23(6-2)27(17-21-11-9-8-10-20(21)4)24(28)18-30-22-14-12-19(3)13-15-22/h8-15,23H,5-7,16-18H2,1-4H3,(H,26,29)/t23-/m0/s1. The Morgan fingerprint density at radius 3 is 2.37 bits per heavy atom. The Bertz CT molecular complexity index is 817. The highest BCUT2D eigenvalue weighted by molar-refractivity contribution is 5.88. The van der Waals surface area contributed by atoms with Crippen LogP contribution in [0.3, 0.4) is 0 Å². The fourth-order valence-corrected chi connectivity index (χ4v) is 3.26. The summed E-state index contributed by atoms with van der Waals surface area (Å²) in [5.41, 5.74) is 3.25. The van der Waals surface area contributed by atoms with E-state index < -0.39 is 6.04 Å². The summed E-state index contributed by atoms with van der Waals surface area (Å²) in [6.45, 7) is 8.93. The predicted molar refractivity (Wildman–Crippen MR) is 120 cm³/mol. The second kappa shape index (κ2) is 12.0. The summed E-state index contributed by atoms with van der Waals surface area (Å²) >= 11 is 0. The zero-order valence-electron chi connectivity index (χ0n) is 18.6. The van der Waals surface area contributed by atoms with E-state index in [0.717, 1.165) is 29.5 Å². The van der Waals surface area contributed by atoms with E-state index in [1.54, 1.807) is 4.90 Å². The van der Waals surface area contributed by atoms with Crippen LogP contribution >= 0.6 is 0 Å². The molecule has 0 bridgehead atoms. The SMILES string of the molecule is CCCCNC(=O)[C@H](CC)N(Cc1ccccc1C)C(=O)COc1ccc(C)cc1. The third-order valence-corrected chi connectivity index (χ3v) is 5.20. The normalized spacial score (nSPS) is 11.6. The molecule has 2 aromatic carbocycles. The van der Waals surface area contributed by atoms with Gasteiger partial charge in [0.05, 0.1) is 0 Å². The summed E-state index contributed by atoms with van der Waals surface area (Å²) in [4.78, 5) is 27.6. The summed E-state index contributed by atoms with van der Waals surface area (Å²) in [6, 6.07) is 15.0. The minimum Gasteiger partial charge on any atom is -0.484 e. The van der Waals surface area contributed by atoms with E-state index in [4.69, 9.17) is 4.74 Å². The molecule has 0 aliphatic carbocycles. The highest BCUT2D eigenvalue weighted by Crippen LogP contribution is 2.17. The van der Waals surface area contributed by atoms with Crippen LogP contribution in [0.5, 0.6) is 5.75 Å². The second-order valence-electron chi connectivity index (χ2n) is 7.62. The molecule has 5 nitrogen and oxygen atoms in total. The van der Waals surface area contributed by atoms with Crippen LogP contribution in [0.4, 0.5) is 0 Å². The van der Waals surface area contributed by atoms with Crippen molar-refractivity contribution < 1.29 is 14.3 Å². The Kier molecular flexibility index (Phi) is 9.39. The van der Waals surface area contributed by atoms with Crippen molar-refractivity contribution in [3.8, 4) is 5.75 Å². The molecule has 0 spiro atoms. The van der Waals surface area contributed by atoms with Crippen molar-refractivity contribution in [2.24, 2.45) is 0 Å². The fourth-order valence-electron chi connectivity index (χ4n) is 3.26. The molecule has 2 aromatic rings. The van der Waals surface area contributed by atoms with E-state index in [1.807, 2.05) is 69.3 Å². The van der Waals surface area contributed by atoms with Gasteiger partial charge in [-0.1, -0.05) is 62.2 Å². The van der Waals surface area contributed by atoms with Gasteiger partial charge in [-0.15, -0.1) is 0 Å². The number of benzene rings is 2. The number of ether oxygens (including phenoxy) is 1. The van der Waals surface area contributed by atoms with Gasteiger partial charge in [0.25, 0.3) is 5.91 Å². The lowest BCUT2D eigenvalue weighted by atomic mass is 10.1. The van der Waals surface area contributed by atoms with Crippen molar-refractivity contribution in [2.75, 3.05) is 13.2 Å². The third-order valence-electron chi connectivity index (χ3n) is 5.20. The van der Waals surface area contributed by atoms with Crippen molar-refractivity contribution in [3.63, 3.8) is 0 Å². The summed E-state index contributed by atoms with van der Waals surface area (Å²) < 4.78 is 5.72. The maximum atomic E-state index is 13.2. The molecule has 2 rings (SSSR count). The van der Waals surface area contributed by atoms with Crippen LogP contribution in [0.25, 0.3) is 0 Å². The Morgan fingerprint density at radius 2 is 1.73 bits per heavy atom. The molecule has 1 N–H and O–H groups in total. The summed E-state index contributed by atoms with van der Waals surface area (Å²) in [6.07, 6.45) is 2.47. The lowest BCUT2D eigenvalue weighted by Gasteiger charge is -2.31. The minimum absolute atomic E-state index is 0.103. The minimum atomic E-state index is -0.532. The van der Waals surface area contributed by atoms with Gasteiger partial charge in [0.15, 0.2) is 6.61 Å². The average molecular weight is 411 g/mol. The molecule has 30 heavy (non-hydrogen) atoms. The van der Waals surface area contributed by atoms with E-state index in [0.29, 0.717) is 25.3 Å². The number of carbonyl (C=O) groups is 2. The number of nitrogens with zero attached hydrogens (tertiary/aromatic N) is 1. The third kappa shape index (κ3) is 6.90. The van der Waals surface area contributed by atoms with Gasteiger partial charge in [-0.3, -0.25) is 9.59 Å². The molecule has 0 heterocycles. The van der Waals surface area contributed by atoms with Crippen LogP contribution < -0.4 is 10.1 Å². The quantitative estimate of drug-likeness (QED) is 0.559. The number of hydrogen-bond donors (Lipinski definition) is 1. The summed E-state index contributed by atoms with van der Waals surface area (Å²) in [5, 5.41) is 2.98. The van der Waals surface area contributed by atoms with Gasteiger partial charge >= 0.3 is 0 Å². The lowest BCUT2D eigenvalue weighted by Crippen LogP contribution is -2.50. The molecule has 0 unspecified atom stereocenters. The molecular formula is C25H34N2O3. The van der Waals surface area contributed by atoms with Gasteiger partial charge in [0, 0.05) is 13.1 Å². The number of amides is 2. The Labute approximate surface area is 180 Å². The average Bonchev–Trinajstić information content (AvgIpc) is 2.74. The Hall–Kier alpha value is -2.82. The number of unbranched alkanes of at least 4 members (excludes halogenated alkanes) is 1. The molecular weight excluding hydrogens is 376 g/mol. The van der Waals surface area contributed by atoms with Gasteiger partial charge in [0.1, 0.15) is 11.8 Å². The number of rotatable bonds is 11. The van der Waals surface area contributed by atoms with Crippen molar-refractivity contribution in [1.82, 2.24) is 10.2 Å². The maximum absolute atomic E-state index is 13.2. The predicted octanol–water partition coefficient (Wildman–Crippen LogP) is 4.41. The molecule has 0 saturated heterocycles. The first-order chi connectivity index (χ1) is 14.5. The first-order valence-electron chi connectivity index (χ1n) is 10.8. The van der Waals surface area contributed by atoms with Crippen LogP contribution in [0.15, 0.2) is 48.5 Å². The van der Waals surface area contributed by atoms with E-state index >= 15 is 0 Å². The van der Waals surface area contributed by atoms with E-state index in [1.165, 1.54) is 0 Å². The lowest BCUT2D eigenvalue weighted by molar-refractivity contribution is -0.143. The van der Waals surface area contributed by atoms with Crippen molar-refractivity contribution in [3.05, 3.63) is 65.2 Å². The zero-order valence-corrected chi connectivity index (χ0v) is 18.6. The van der Waals surface area contributed by atoms with Gasteiger partial charge in [-0.25, -0.2) is 0 Å². The molecule has 5 heteroatoms. The fraction of sp³-hybridized carbons (Fsp3) is 0.440. The van der Waals surface area contributed by atoms with Crippen LogP contribution in [0.2, 0.25) is 0 Å². The number of aryl methyl sites for hydroxylation is 2. The van der Waals surface area contributed by atoms with Gasteiger partial charge in [-0.05, 0) is 49.9 Å². The molecule has 2 amide bonds. The largest absolute Gasteiger partial charge is 0.484 e. The van der Waals surface area contributed by atoms with E-state index in [-0.39, 0.29) is 18.4 Å². The van der Waals surface area contributed by atoms with E-state index in [9.17, 15) is 9.59 Å². The first kappa shape index (κ1) is 23.5. The highest BCUT2D eigenvalue weighted by Gasteiger charge is 2.29. The second-order valence-corrected chi connectivity index (χ2v) is 7.62. The zero-order chi connectivity index (χ0) is 21.9. The van der Waals surface area contributed by atoms with Crippen LogP contribution in [-0.4, -0.2) is 35.9 Å². The molecule has 0 aliphatic heterocycles. The van der Waals surface area contributed by atoms with E-state index in [2.05, 4.69) is 12.2 Å². The monoisotopic (exact) mass is 410 g/mol. The number of carbonyl (C=O) groups excluding carboxylic acids is 2. The molecule has 0 aliphatic rings. The Morgan fingerprint density at radius 1 is 1.03 bits per heavy atom. The Balaban J connectivity index is 2.17. The van der Waals surface area contributed by atoms with Crippen molar-refractivity contribution >= 4 is 11.8 Å². The van der Waals surface area contributed by atoms with Gasteiger partial charge < -0.3 is 15.0 Å². The smallest absolute Gasteiger partial charge is 0.261 e. The molecule has 0 aromatic heterocycles. The molecule has 0 radical (unpaired) electrons. The highest BCUT2D eigenvalue weighted by atomic mass is 16.5. The van der Waals surface area contributed by atoms with Crippen molar-refractivity contribution in [2.45, 2.75) is 59.5 Å². The molecule has 0 saturated carbocycles. The molecule has 162 valence electrons. The maximum Gasteiger partial charge on any atom is 0.261 e. The van der Waals surface area contributed by atoms with Crippen molar-refractivity contribution in [1.29, 1.82) is 0 Å². The van der Waals surface area contributed by atoms with Gasteiger partial charge in [0.2, 0.25) is 5.91 Å². The summed E-state index contributed by atoms with van der Waals surface area (Å²) in [5.74, 6) is 0.338. The van der Waals surface area contributed by atoms with Crippen LogP contribution in [0.1, 0.15) is 49.8 Å². The molecule has 1 atom stereocenters.